The van der Waals surface area contributed by atoms with Crippen LogP contribution in [0, 0.1) is 17.3 Å². The average molecular weight is 491 g/mol. The van der Waals surface area contributed by atoms with Crippen LogP contribution in [0.4, 0.5) is 0 Å². The van der Waals surface area contributed by atoms with Gasteiger partial charge in [0, 0.05) is 19.1 Å². The lowest BCUT2D eigenvalue weighted by molar-refractivity contribution is -0.156. The zero-order chi connectivity index (χ0) is 25.4. The van der Waals surface area contributed by atoms with Crippen LogP contribution < -0.4 is 10.6 Å². The largest absolute Gasteiger partial charge is 0.468 e. The zero-order valence-electron chi connectivity index (χ0n) is 21.4. The lowest BCUT2D eigenvalue weighted by atomic mass is 9.84. The van der Waals surface area contributed by atoms with E-state index in [0.29, 0.717) is 49.5 Å². The predicted octanol–water partition coefficient (Wildman–Crippen LogP) is 2.94. The van der Waals surface area contributed by atoms with Crippen molar-refractivity contribution in [2.75, 3.05) is 19.6 Å². The van der Waals surface area contributed by atoms with E-state index in [1.54, 1.807) is 6.26 Å². The molecule has 196 valence electrons. The van der Waals surface area contributed by atoms with Crippen LogP contribution in [0.5, 0.6) is 0 Å². The fraction of sp³-hybridized carbons (Fsp3) is 0.731. The minimum absolute atomic E-state index is 0.0659. The van der Waals surface area contributed by atoms with E-state index in [1.807, 2.05) is 37.8 Å². The molecule has 0 radical (unpaired) electrons. The SMILES string of the molecule is CC(C)(C)[C@H](NC(=O)C(CC1CCCC1)CN(O)C=O)C(=O)N1CCC(NCc2ccco2)CC1. The molecule has 0 aromatic carbocycles. The summed E-state index contributed by atoms with van der Waals surface area (Å²) in [6, 6.07) is 3.43. The zero-order valence-corrected chi connectivity index (χ0v) is 21.4. The molecular formula is C26H42N4O5. The molecule has 3 amide bonds. The third-order valence-electron chi connectivity index (χ3n) is 7.34. The first-order valence-electron chi connectivity index (χ1n) is 12.9. The summed E-state index contributed by atoms with van der Waals surface area (Å²) in [5.74, 6) is 0.388. The van der Waals surface area contributed by atoms with Crippen LogP contribution in [0.25, 0.3) is 0 Å². The number of nitrogens with one attached hydrogen (secondary N) is 2. The van der Waals surface area contributed by atoms with Gasteiger partial charge >= 0.3 is 0 Å². The fourth-order valence-corrected chi connectivity index (χ4v) is 5.24. The third kappa shape index (κ3) is 8.07. The Kier molecular flexibility index (Phi) is 9.74. The molecule has 1 aliphatic carbocycles. The molecular weight excluding hydrogens is 448 g/mol. The van der Waals surface area contributed by atoms with E-state index in [-0.39, 0.29) is 18.4 Å². The Morgan fingerprint density at radius 2 is 1.91 bits per heavy atom. The Hall–Kier alpha value is -2.39. The van der Waals surface area contributed by atoms with Gasteiger partial charge in [0.2, 0.25) is 18.2 Å². The van der Waals surface area contributed by atoms with Gasteiger partial charge in [-0.05, 0) is 42.7 Å². The van der Waals surface area contributed by atoms with E-state index in [2.05, 4.69) is 10.6 Å². The summed E-state index contributed by atoms with van der Waals surface area (Å²) in [6.07, 6.45) is 8.66. The van der Waals surface area contributed by atoms with Crippen molar-refractivity contribution in [3.05, 3.63) is 24.2 Å². The number of hydroxylamine groups is 2. The van der Waals surface area contributed by atoms with Crippen molar-refractivity contribution in [3.63, 3.8) is 0 Å². The molecule has 3 N–H and O–H groups in total. The number of hydrogen-bond acceptors (Lipinski definition) is 6. The third-order valence-corrected chi connectivity index (χ3v) is 7.34. The van der Waals surface area contributed by atoms with Crippen LogP contribution in [0.1, 0.15) is 71.5 Å². The topological polar surface area (TPSA) is 115 Å². The highest BCUT2D eigenvalue weighted by atomic mass is 16.5. The molecule has 9 nitrogen and oxygen atoms in total. The number of carbonyl (C=O) groups excluding carboxylic acids is 3. The molecule has 0 bridgehead atoms. The first kappa shape index (κ1) is 27.2. The molecule has 1 saturated heterocycles. The number of hydrogen-bond donors (Lipinski definition) is 3. The average Bonchev–Trinajstić information content (AvgIpc) is 3.54. The second-order valence-corrected chi connectivity index (χ2v) is 11.2. The maximum absolute atomic E-state index is 13.5. The first-order valence-corrected chi connectivity index (χ1v) is 12.9. The number of nitrogens with zero attached hydrogens (tertiary/aromatic N) is 2. The van der Waals surface area contributed by atoms with Crippen LogP contribution in [0.2, 0.25) is 0 Å². The van der Waals surface area contributed by atoms with Crippen LogP contribution >= 0.6 is 0 Å². The van der Waals surface area contributed by atoms with Crippen molar-refractivity contribution in [3.8, 4) is 0 Å². The summed E-state index contributed by atoms with van der Waals surface area (Å²) in [5.41, 5.74) is -0.484. The van der Waals surface area contributed by atoms with Gasteiger partial charge in [-0.1, -0.05) is 46.5 Å². The van der Waals surface area contributed by atoms with E-state index >= 15 is 0 Å². The highest BCUT2D eigenvalue weighted by Crippen LogP contribution is 2.31. The van der Waals surface area contributed by atoms with Crippen molar-refractivity contribution in [2.45, 2.75) is 84.3 Å². The van der Waals surface area contributed by atoms with Gasteiger partial charge in [0.25, 0.3) is 0 Å². The first-order chi connectivity index (χ1) is 16.7. The lowest BCUT2D eigenvalue weighted by Gasteiger charge is -2.39. The van der Waals surface area contributed by atoms with E-state index in [0.717, 1.165) is 44.3 Å². The molecule has 2 heterocycles. The molecule has 1 unspecified atom stereocenters. The van der Waals surface area contributed by atoms with Gasteiger partial charge in [-0.25, -0.2) is 5.06 Å². The number of furan rings is 1. The van der Waals surface area contributed by atoms with Gasteiger partial charge in [0.1, 0.15) is 11.8 Å². The summed E-state index contributed by atoms with van der Waals surface area (Å²) >= 11 is 0. The van der Waals surface area contributed by atoms with Crippen LogP contribution in [0.15, 0.2) is 22.8 Å². The minimum atomic E-state index is -0.683. The Morgan fingerprint density at radius 3 is 2.49 bits per heavy atom. The molecule has 3 rings (SSSR count). The van der Waals surface area contributed by atoms with Gasteiger partial charge < -0.3 is 20.0 Å². The van der Waals surface area contributed by atoms with Crippen molar-refractivity contribution < 1.29 is 24.0 Å². The molecule has 0 spiro atoms. The monoisotopic (exact) mass is 490 g/mol. The summed E-state index contributed by atoms with van der Waals surface area (Å²) in [7, 11) is 0. The van der Waals surface area contributed by atoms with Gasteiger partial charge in [0.05, 0.1) is 25.3 Å². The normalized spacial score (nSPS) is 19.4. The maximum Gasteiger partial charge on any atom is 0.245 e. The Bertz CT molecular complexity index is 808. The molecule has 2 atom stereocenters. The number of piperidine rings is 1. The van der Waals surface area contributed by atoms with E-state index in [9.17, 15) is 19.6 Å². The van der Waals surface area contributed by atoms with Crippen molar-refractivity contribution in [2.24, 2.45) is 17.3 Å². The predicted molar refractivity (Wildman–Crippen MR) is 131 cm³/mol. The Balaban J connectivity index is 1.59. The quantitative estimate of drug-likeness (QED) is 0.250. The number of rotatable bonds is 11. The van der Waals surface area contributed by atoms with Crippen LogP contribution in [-0.4, -0.2) is 65.1 Å². The maximum atomic E-state index is 13.5. The second kappa shape index (κ2) is 12.5. The molecule has 35 heavy (non-hydrogen) atoms. The van der Waals surface area contributed by atoms with Gasteiger partial charge in [-0.3, -0.25) is 19.6 Å². The molecule has 2 aliphatic rings. The van der Waals surface area contributed by atoms with Crippen LogP contribution in [-0.2, 0) is 20.9 Å². The Morgan fingerprint density at radius 1 is 1.23 bits per heavy atom. The molecule has 2 fully saturated rings. The molecule has 1 saturated carbocycles. The van der Waals surface area contributed by atoms with E-state index in [1.165, 1.54) is 0 Å². The molecule has 1 aliphatic heterocycles. The van der Waals surface area contributed by atoms with E-state index in [4.69, 9.17) is 4.42 Å². The summed E-state index contributed by atoms with van der Waals surface area (Å²) in [4.78, 5) is 39.7. The standard InChI is InChI=1S/C26H42N4O5/c1-26(2,3)23(28-24(32)20(17-30(34)18-31)15-19-7-4-5-8-19)25(33)29-12-10-21(11-13-29)27-16-22-9-6-14-35-22/h6,9,14,18-21,23,27,34H,4-5,7-8,10-13,15-17H2,1-3H3,(H,28,32)/t20?,23-/m1/s1. The van der Waals surface area contributed by atoms with Crippen molar-refractivity contribution in [1.82, 2.24) is 20.6 Å². The van der Waals surface area contributed by atoms with Crippen LogP contribution in [0.3, 0.4) is 0 Å². The lowest BCUT2D eigenvalue weighted by Crippen LogP contribution is -2.58. The van der Waals surface area contributed by atoms with Gasteiger partial charge in [-0.2, -0.15) is 0 Å². The van der Waals surface area contributed by atoms with Crippen molar-refractivity contribution in [1.29, 1.82) is 0 Å². The fourth-order valence-electron chi connectivity index (χ4n) is 5.24. The number of amides is 3. The van der Waals surface area contributed by atoms with Gasteiger partial charge in [0.15, 0.2) is 0 Å². The highest BCUT2D eigenvalue weighted by Gasteiger charge is 2.38. The van der Waals surface area contributed by atoms with E-state index < -0.39 is 17.4 Å². The summed E-state index contributed by atoms with van der Waals surface area (Å²) in [6.45, 7) is 7.69. The second-order valence-electron chi connectivity index (χ2n) is 11.2. The summed E-state index contributed by atoms with van der Waals surface area (Å²) in [5, 5.41) is 16.8. The Labute approximate surface area is 208 Å². The smallest absolute Gasteiger partial charge is 0.245 e. The molecule has 1 aromatic rings. The molecule has 9 heteroatoms. The number of carbonyl (C=O) groups is 3. The highest BCUT2D eigenvalue weighted by molar-refractivity contribution is 5.89. The minimum Gasteiger partial charge on any atom is -0.468 e. The summed E-state index contributed by atoms with van der Waals surface area (Å²) < 4.78 is 5.38. The van der Waals surface area contributed by atoms with Gasteiger partial charge in [-0.15, -0.1) is 0 Å². The number of likely N-dealkylation sites (tertiary alicyclic amines) is 1. The van der Waals surface area contributed by atoms with Crippen molar-refractivity contribution >= 4 is 18.2 Å². The molecule has 1 aromatic heterocycles.